The van der Waals surface area contributed by atoms with Crippen molar-refractivity contribution in [2.75, 3.05) is 19.8 Å². The van der Waals surface area contributed by atoms with Crippen LogP contribution in [0.3, 0.4) is 0 Å². The molecule has 0 saturated heterocycles. The van der Waals surface area contributed by atoms with Crippen molar-refractivity contribution in [3.8, 4) is 11.5 Å². The molecule has 0 aromatic heterocycles. The summed E-state index contributed by atoms with van der Waals surface area (Å²) in [5.74, 6) is -0.382. The molecule has 0 atom stereocenters. The number of thiocarbonyl (C=S) groups is 1. The summed E-state index contributed by atoms with van der Waals surface area (Å²) in [6.07, 6.45) is 2.68. The number of esters is 1. The second-order valence-electron chi connectivity index (χ2n) is 7.14. The highest BCUT2D eigenvalue weighted by molar-refractivity contribution is 7.80. The second-order valence-corrected chi connectivity index (χ2v) is 7.54. The average molecular weight is 488 g/mol. The van der Waals surface area contributed by atoms with E-state index in [0.717, 1.165) is 19.3 Å². The summed E-state index contributed by atoms with van der Waals surface area (Å²) in [5, 5.41) is 2.40. The molecule has 10 heteroatoms. The van der Waals surface area contributed by atoms with Crippen LogP contribution in [0.4, 0.5) is 0 Å². The monoisotopic (exact) mass is 487 g/mol. The van der Waals surface area contributed by atoms with Crippen LogP contribution in [-0.4, -0.2) is 42.7 Å². The Kier molecular flexibility index (Phi) is 11.3. The smallest absolute Gasteiger partial charge is 0.338 e. The van der Waals surface area contributed by atoms with Crippen LogP contribution in [0.1, 0.15) is 53.8 Å². The first kappa shape index (κ1) is 26.6. The number of hydrogen-bond donors (Lipinski definition) is 3. The standard InChI is InChI=1S/C24H29N3O6S/c1-3-5-14-31-20-8-6-7-18(15-20)22(29)25-24(34)27-26-21(28)16-33-19-11-9-17(10-12-19)23(30)32-13-4-2/h6-12,15H,3-5,13-14,16H2,1-2H3,(H,26,28)(H2,25,27,29,34). The van der Waals surface area contributed by atoms with Crippen LogP contribution >= 0.6 is 12.2 Å². The van der Waals surface area contributed by atoms with Gasteiger partial charge in [0.1, 0.15) is 11.5 Å². The number of carbonyl (C=O) groups is 3. The Bertz CT molecular complexity index is 981. The highest BCUT2D eigenvalue weighted by Crippen LogP contribution is 2.14. The molecule has 34 heavy (non-hydrogen) atoms. The van der Waals surface area contributed by atoms with Gasteiger partial charge in [-0.3, -0.25) is 25.8 Å². The van der Waals surface area contributed by atoms with E-state index in [-0.39, 0.29) is 11.7 Å². The van der Waals surface area contributed by atoms with Gasteiger partial charge in [-0.05, 0) is 67.5 Å². The van der Waals surface area contributed by atoms with Crippen molar-refractivity contribution in [3.63, 3.8) is 0 Å². The number of unbranched alkanes of at least 4 members (excludes halogenated alkanes) is 1. The fourth-order valence-corrected chi connectivity index (χ4v) is 2.69. The molecule has 0 unspecified atom stereocenters. The molecular weight excluding hydrogens is 458 g/mol. The lowest BCUT2D eigenvalue weighted by atomic mass is 10.2. The molecule has 0 fully saturated rings. The van der Waals surface area contributed by atoms with E-state index >= 15 is 0 Å². The molecule has 0 saturated carbocycles. The molecular formula is C24H29N3O6S. The Morgan fingerprint density at radius 1 is 0.853 bits per heavy atom. The molecule has 0 heterocycles. The van der Waals surface area contributed by atoms with E-state index < -0.39 is 17.8 Å². The molecule has 0 radical (unpaired) electrons. The maximum Gasteiger partial charge on any atom is 0.338 e. The van der Waals surface area contributed by atoms with Gasteiger partial charge < -0.3 is 14.2 Å². The van der Waals surface area contributed by atoms with Crippen LogP contribution in [0, 0.1) is 0 Å². The SMILES string of the molecule is CCCCOc1cccc(C(=O)NC(=S)NNC(=O)COc2ccc(C(=O)OCCC)cc2)c1. The molecule has 2 aromatic rings. The second kappa shape index (κ2) is 14.5. The first-order valence-electron chi connectivity index (χ1n) is 11.0. The minimum absolute atomic E-state index is 0.0781. The predicted octanol–water partition coefficient (Wildman–Crippen LogP) is 3.15. The van der Waals surface area contributed by atoms with Crippen LogP contribution in [-0.2, 0) is 9.53 Å². The number of ether oxygens (including phenoxy) is 3. The zero-order valence-corrected chi connectivity index (χ0v) is 20.0. The minimum Gasteiger partial charge on any atom is -0.494 e. The largest absolute Gasteiger partial charge is 0.494 e. The lowest BCUT2D eigenvalue weighted by Crippen LogP contribution is -2.49. The van der Waals surface area contributed by atoms with Crippen molar-refractivity contribution in [1.29, 1.82) is 0 Å². The molecule has 0 aliphatic heterocycles. The number of carbonyl (C=O) groups excluding carboxylic acids is 3. The van der Waals surface area contributed by atoms with Gasteiger partial charge in [0.15, 0.2) is 11.7 Å². The van der Waals surface area contributed by atoms with Crippen molar-refractivity contribution in [2.24, 2.45) is 0 Å². The Morgan fingerprint density at radius 2 is 1.62 bits per heavy atom. The summed E-state index contributed by atoms with van der Waals surface area (Å²) < 4.78 is 16.0. The summed E-state index contributed by atoms with van der Waals surface area (Å²) in [5.41, 5.74) is 5.55. The van der Waals surface area contributed by atoms with Gasteiger partial charge >= 0.3 is 5.97 Å². The minimum atomic E-state index is -0.519. The molecule has 0 aliphatic rings. The number of nitrogens with one attached hydrogen (secondary N) is 3. The number of hydrazine groups is 1. The fourth-order valence-electron chi connectivity index (χ4n) is 2.54. The Balaban J connectivity index is 1.72. The van der Waals surface area contributed by atoms with E-state index in [2.05, 4.69) is 23.1 Å². The molecule has 182 valence electrons. The van der Waals surface area contributed by atoms with E-state index in [1.807, 2.05) is 6.92 Å². The average Bonchev–Trinajstić information content (AvgIpc) is 2.85. The van der Waals surface area contributed by atoms with Gasteiger partial charge in [0.25, 0.3) is 11.8 Å². The first-order chi connectivity index (χ1) is 16.4. The van der Waals surface area contributed by atoms with E-state index in [1.54, 1.807) is 48.5 Å². The molecule has 2 rings (SSSR count). The molecule has 2 amide bonds. The van der Waals surface area contributed by atoms with Gasteiger partial charge in [-0.2, -0.15) is 0 Å². The molecule has 3 N–H and O–H groups in total. The first-order valence-corrected chi connectivity index (χ1v) is 11.4. The van der Waals surface area contributed by atoms with Crippen molar-refractivity contribution in [3.05, 3.63) is 59.7 Å². The van der Waals surface area contributed by atoms with Crippen molar-refractivity contribution in [1.82, 2.24) is 16.2 Å². The van der Waals surface area contributed by atoms with Crippen LogP contribution in [0.2, 0.25) is 0 Å². The Hall–Kier alpha value is -3.66. The molecule has 0 spiro atoms. The highest BCUT2D eigenvalue weighted by atomic mass is 32.1. The Morgan fingerprint density at radius 3 is 2.32 bits per heavy atom. The van der Waals surface area contributed by atoms with Crippen LogP contribution in [0.15, 0.2) is 48.5 Å². The zero-order chi connectivity index (χ0) is 24.8. The summed E-state index contributed by atoms with van der Waals surface area (Å²) in [7, 11) is 0. The Labute approximate surface area is 204 Å². The molecule has 0 aliphatic carbocycles. The fraction of sp³-hybridized carbons (Fsp3) is 0.333. The molecule has 9 nitrogen and oxygen atoms in total. The van der Waals surface area contributed by atoms with Crippen LogP contribution in [0.5, 0.6) is 11.5 Å². The molecule has 2 aromatic carbocycles. The van der Waals surface area contributed by atoms with Crippen LogP contribution < -0.4 is 25.6 Å². The van der Waals surface area contributed by atoms with Gasteiger partial charge in [-0.15, -0.1) is 0 Å². The summed E-state index contributed by atoms with van der Waals surface area (Å²) >= 11 is 5.04. The number of amides is 2. The van der Waals surface area contributed by atoms with E-state index in [9.17, 15) is 14.4 Å². The zero-order valence-electron chi connectivity index (χ0n) is 19.2. The van der Waals surface area contributed by atoms with Crippen molar-refractivity contribution in [2.45, 2.75) is 33.1 Å². The van der Waals surface area contributed by atoms with Gasteiger partial charge in [-0.1, -0.05) is 26.3 Å². The number of rotatable bonds is 11. The number of hydrogen-bond acceptors (Lipinski definition) is 7. The van der Waals surface area contributed by atoms with Gasteiger partial charge in [0.05, 0.1) is 18.8 Å². The van der Waals surface area contributed by atoms with Gasteiger partial charge in [0.2, 0.25) is 0 Å². The van der Waals surface area contributed by atoms with E-state index in [4.69, 9.17) is 26.4 Å². The molecule has 0 bridgehead atoms. The predicted molar refractivity (Wildman–Crippen MR) is 131 cm³/mol. The van der Waals surface area contributed by atoms with E-state index in [1.165, 1.54) is 0 Å². The topological polar surface area (TPSA) is 115 Å². The number of benzene rings is 2. The van der Waals surface area contributed by atoms with Crippen molar-refractivity contribution < 1.29 is 28.6 Å². The lowest BCUT2D eigenvalue weighted by Gasteiger charge is -2.12. The van der Waals surface area contributed by atoms with E-state index in [0.29, 0.717) is 35.8 Å². The normalized spacial score (nSPS) is 10.1. The lowest BCUT2D eigenvalue weighted by molar-refractivity contribution is -0.123. The third-order valence-electron chi connectivity index (χ3n) is 4.30. The summed E-state index contributed by atoms with van der Waals surface area (Å²) in [6, 6.07) is 13.0. The quantitative estimate of drug-likeness (QED) is 0.192. The maximum absolute atomic E-state index is 12.4. The van der Waals surface area contributed by atoms with Crippen molar-refractivity contribution >= 4 is 35.1 Å². The summed E-state index contributed by atoms with van der Waals surface area (Å²) in [6.45, 7) is 4.60. The van der Waals surface area contributed by atoms with Gasteiger partial charge in [-0.25, -0.2) is 4.79 Å². The third kappa shape index (κ3) is 9.45. The highest BCUT2D eigenvalue weighted by Gasteiger charge is 2.11. The van der Waals surface area contributed by atoms with Gasteiger partial charge in [0, 0.05) is 5.56 Å². The summed E-state index contributed by atoms with van der Waals surface area (Å²) in [4.78, 5) is 36.1. The van der Waals surface area contributed by atoms with Crippen LogP contribution in [0.25, 0.3) is 0 Å². The third-order valence-corrected chi connectivity index (χ3v) is 4.51. The maximum atomic E-state index is 12.4.